The van der Waals surface area contributed by atoms with Gasteiger partial charge in [-0.3, -0.25) is 0 Å². The summed E-state index contributed by atoms with van der Waals surface area (Å²) in [5, 5.41) is 9.01. The van der Waals surface area contributed by atoms with Gasteiger partial charge in [-0.2, -0.15) is 0 Å². The second-order valence-electron chi connectivity index (χ2n) is 2.69. The zero-order valence-electron chi connectivity index (χ0n) is 7.56. The van der Waals surface area contributed by atoms with E-state index in [1.165, 1.54) is 7.11 Å². The van der Waals surface area contributed by atoms with Crippen LogP contribution in [0.2, 0.25) is 0 Å². The average molecular weight is 178 g/mol. The third-order valence-electron chi connectivity index (χ3n) is 1.46. The van der Waals surface area contributed by atoms with Crippen molar-refractivity contribution < 1.29 is 14.6 Å². The molecule has 0 heterocycles. The van der Waals surface area contributed by atoms with Crippen molar-refractivity contribution in [2.45, 2.75) is 31.8 Å². The van der Waals surface area contributed by atoms with Crippen LogP contribution in [0.3, 0.4) is 0 Å². The van der Waals surface area contributed by atoms with Gasteiger partial charge in [-0.15, -0.1) is 0 Å². The lowest BCUT2D eigenvalue weighted by Crippen LogP contribution is -2.41. The van der Waals surface area contributed by atoms with Gasteiger partial charge in [0.25, 0.3) is 0 Å². The molecule has 0 aromatic carbocycles. The number of hydrogen-bond donors (Lipinski definition) is 3. The Labute approximate surface area is 72.6 Å². The summed E-state index contributed by atoms with van der Waals surface area (Å²) >= 11 is 0. The largest absolute Gasteiger partial charge is 0.393 e. The molecule has 0 spiro atoms. The zero-order chi connectivity index (χ0) is 9.56. The van der Waals surface area contributed by atoms with Crippen LogP contribution >= 0.6 is 0 Å². The third kappa shape index (κ3) is 4.63. The van der Waals surface area contributed by atoms with Crippen molar-refractivity contribution in [1.82, 2.24) is 0 Å². The van der Waals surface area contributed by atoms with E-state index in [1.807, 2.05) is 0 Å². The summed E-state index contributed by atoms with van der Waals surface area (Å²) < 4.78 is 9.89. The second-order valence-corrected chi connectivity index (χ2v) is 2.69. The predicted molar refractivity (Wildman–Crippen MR) is 45.2 cm³/mol. The highest BCUT2D eigenvalue weighted by Gasteiger charge is 2.18. The van der Waals surface area contributed by atoms with Gasteiger partial charge in [0.2, 0.25) is 0 Å². The van der Waals surface area contributed by atoms with E-state index in [9.17, 15) is 0 Å². The highest BCUT2D eigenvalue weighted by atomic mass is 16.7. The number of nitrogens with two attached hydrogens (primary N) is 2. The first-order valence-corrected chi connectivity index (χ1v) is 3.90. The molecule has 1 unspecified atom stereocenters. The van der Waals surface area contributed by atoms with Crippen molar-refractivity contribution >= 4 is 0 Å². The minimum atomic E-state index is -0.537. The van der Waals surface area contributed by atoms with E-state index in [-0.39, 0.29) is 12.8 Å². The zero-order valence-corrected chi connectivity index (χ0v) is 7.56. The van der Waals surface area contributed by atoms with Gasteiger partial charge in [0.05, 0.1) is 18.9 Å². The van der Waals surface area contributed by atoms with E-state index in [2.05, 4.69) is 0 Å². The number of aliphatic hydroxyl groups is 1. The lowest BCUT2D eigenvalue weighted by Gasteiger charge is -2.22. The molecule has 12 heavy (non-hydrogen) atoms. The fraction of sp³-hybridized carbons (Fsp3) is 1.00. The van der Waals surface area contributed by atoms with Crippen LogP contribution in [0, 0.1) is 0 Å². The summed E-state index contributed by atoms with van der Waals surface area (Å²) in [4.78, 5) is 0. The summed E-state index contributed by atoms with van der Waals surface area (Å²) in [5.41, 5.74) is 10.8. The Morgan fingerprint density at radius 3 is 2.42 bits per heavy atom. The molecule has 0 bridgehead atoms. The first-order chi connectivity index (χ1) is 5.61. The molecule has 0 aliphatic carbocycles. The summed E-state index contributed by atoms with van der Waals surface area (Å²) in [6, 6.07) is -0.349. The van der Waals surface area contributed by atoms with Gasteiger partial charge in [0.15, 0.2) is 6.29 Å². The Bertz CT molecular complexity index is 111. The lowest BCUT2D eigenvalue weighted by atomic mass is 10.1. The van der Waals surface area contributed by atoms with Gasteiger partial charge in [-0.05, 0) is 13.3 Å². The maximum Gasteiger partial charge on any atom is 0.173 e. The predicted octanol–water partition coefficient (Wildman–Crippen LogP) is -1.01. The maximum absolute atomic E-state index is 9.01. The Hall–Kier alpha value is -0.200. The molecule has 0 amide bonds. The van der Waals surface area contributed by atoms with Crippen LogP contribution in [-0.4, -0.2) is 37.4 Å². The van der Waals surface area contributed by atoms with Crippen molar-refractivity contribution in [1.29, 1.82) is 0 Å². The quantitative estimate of drug-likeness (QED) is 0.453. The maximum atomic E-state index is 9.01. The summed E-state index contributed by atoms with van der Waals surface area (Å²) in [6.45, 7) is 1.72. The van der Waals surface area contributed by atoms with Crippen LogP contribution in [0.4, 0.5) is 0 Å². The Morgan fingerprint density at radius 2 is 2.08 bits per heavy atom. The molecule has 0 aliphatic heterocycles. The van der Waals surface area contributed by atoms with Crippen LogP contribution in [0.25, 0.3) is 0 Å². The summed E-state index contributed by atoms with van der Waals surface area (Å²) in [5.74, 6) is 0. The lowest BCUT2D eigenvalue weighted by molar-refractivity contribution is -0.139. The third-order valence-corrected chi connectivity index (χ3v) is 1.46. The highest BCUT2D eigenvalue weighted by molar-refractivity contribution is 4.68. The summed E-state index contributed by atoms with van der Waals surface area (Å²) in [7, 11) is 1.49. The van der Waals surface area contributed by atoms with E-state index in [4.69, 9.17) is 26.0 Å². The van der Waals surface area contributed by atoms with Crippen LogP contribution in [0.5, 0.6) is 0 Å². The average Bonchev–Trinajstić information content (AvgIpc) is 1.98. The van der Waals surface area contributed by atoms with Gasteiger partial charge >= 0.3 is 0 Å². The van der Waals surface area contributed by atoms with Crippen molar-refractivity contribution in [2.24, 2.45) is 11.5 Å². The molecule has 0 radical (unpaired) electrons. The molecule has 5 N–H and O–H groups in total. The van der Waals surface area contributed by atoms with Crippen LogP contribution in [0.1, 0.15) is 13.3 Å². The molecule has 3 atom stereocenters. The van der Waals surface area contributed by atoms with Crippen molar-refractivity contribution in [3.8, 4) is 0 Å². The number of hydrogen-bond acceptors (Lipinski definition) is 5. The molecule has 5 nitrogen and oxygen atoms in total. The van der Waals surface area contributed by atoms with Crippen LogP contribution in [-0.2, 0) is 9.47 Å². The molecule has 0 fully saturated rings. The number of rotatable bonds is 6. The van der Waals surface area contributed by atoms with E-state index >= 15 is 0 Å². The smallest absolute Gasteiger partial charge is 0.173 e. The van der Waals surface area contributed by atoms with E-state index in [1.54, 1.807) is 6.92 Å². The van der Waals surface area contributed by atoms with Crippen molar-refractivity contribution in [2.75, 3.05) is 13.8 Å². The monoisotopic (exact) mass is 178 g/mol. The molecule has 0 saturated carbocycles. The molecule has 0 rings (SSSR count). The fourth-order valence-corrected chi connectivity index (χ4v) is 0.966. The number of ether oxygens (including phenoxy) is 2. The SMILES string of the molecule is CO[C@H](OCN)C(N)C[C@@H](C)O. The molecule has 0 aromatic rings. The van der Waals surface area contributed by atoms with Crippen molar-refractivity contribution in [3.63, 3.8) is 0 Å². The van der Waals surface area contributed by atoms with E-state index in [0.29, 0.717) is 6.42 Å². The Kier molecular flexibility index (Phi) is 6.23. The Morgan fingerprint density at radius 1 is 1.50 bits per heavy atom. The number of methoxy groups -OCH3 is 1. The molecule has 5 heteroatoms. The summed E-state index contributed by atoms with van der Waals surface area (Å²) in [6.07, 6.45) is -0.568. The van der Waals surface area contributed by atoms with Crippen molar-refractivity contribution in [3.05, 3.63) is 0 Å². The molecule has 0 aromatic heterocycles. The molecule has 74 valence electrons. The molecule has 0 aliphatic rings. The minimum Gasteiger partial charge on any atom is -0.393 e. The molecular formula is C7H18N2O3. The normalized spacial score (nSPS) is 18.8. The van der Waals surface area contributed by atoms with Crippen LogP contribution in [0.15, 0.2) is 0 Å². The number of aliphatic hydroxyl groups excluding tert-OH is 1. The minimum absolute atomic E-state index is 0.0615. The topological polar surface area (TPSA) is 90.7 Å². The second kappa shape index (κ2) is 6.33. The van der Waals surface area contributed by atoms with Crippen LogP contribution < -0.4 is 11.5 Å². The molecular weight excluding hydrogens is 160 g/mol. The first kappa shape index (κ1) is 11.8. The van der Waals surface area contributed by atoms with E-state index in [0.717, 1.165) is 0 Å². The Balaban J connectivity index is 3.76. The standard InChI is InChI=1S/C7H18N2O3/c1-5(10)3-6(9)7(11-2)12-4-8/h5-7,10H,3-4,8-9H2,1-2H3/t5-,6?,7-/m1/s1. The van der Waals surface area contributed by atoms with Gasteiger partial charge in [0.1, 0.15) is 0 Å². The van der Waals surface area contributed by atoms with E-state index < -0.39 is 12.4 Å². The molecule has 0 saturated heterocycles. The highest BCUT2D eigenvalue weighted by Crippen LogP contribution is 2.04. The first-order valence-electron chi connectivity index (χ1n) is 3.90. The van der Waals surface area contributed by atoms with Gasteiger partial charge < -0.3 is 26.0 Å². The van der Waals surface area contributed by atoms with Gasteiger partial charge in [-0.1, -0.05) is 0 Å². The van der Waals surface area contributed by atoms with Gasteiger partial charge in [-0.25, -0.2) is 0 Å². The van der Waals surface area contributed by atoms with Gasteiger partial charge in [0, 0.05) is 7.11 Å². The fourth-order valence-electron chi connectivity index (χ4n) is 0.966.